The maximum absolute atomic E-state index is 11.7. The van der Waals surface area contributed by atoms with Crippen molar-refractivity contribution in [3.63, 3.8) is 0 Å². The lowest BCUT2D eigenvalue weighted by Crippen LogP contribution is -2.30. The number of nitrogens with one attached hydrogen (secondary N) is 1. The minimum Gasteiger partial charge on any atom is -0.450 e. The summed E-state index contributed by atoms with van der Waals surface area (Å²) in [6.07, 6.45) is 0.362. The molecule has 0 heterocycles. The number of ether oxygens (including phenoxy) is 1. The molecule has 2 aromatic carbocycles. The van der Waals surface area contributed by atoms with Gasteiger partial charge in [-0.1, -0.05) is 60.7 Å². The van der Waals surface area contributed by atoms with E-state index in [1.165, 1.54) is 5.56 Å². The Kier molecular flexibility index (Phi) is 5.18. The standard InChI is InChI=1S/C17H19NO2/c1-2-20-17(19)18-16(15-11-7-4-8-12-15)13-14-9-5-3-6-10-14/h3-12,16H,2,13H2,1H3,(H,18,19)/t16-/m1/s1. The van der Waals surface area contributed by atoms with Gasteiger partial charge in [-0.2, -0.15) is 0 Å². The van der Waals surface area contributed by atoms with E-state index in [9.17, 15) is 4.79 Å². The van der Waals surface area contributed by atoms with Crippen LogP contribution in [0.4, 0.5) is 4.79 Å². The van der Waals surface area contributed by atoms with Crippen molar-refractivity contribution in [1.82, 2.24) is 5.32 Å². The molecule has 1 atom stereocenters. The van der Waals surface area contributed by atoms with Crippen LogP contribution >= 0.6 is 0 Å². The number of rotatable bonds is 5. The number of benzene rings is 2. The van der Waals surface area contributed by atoms with Crippen LogP contribution in [0.5, 0.6) is 0 Å². The van der Waals surface area contributed by atoms with E-state index in [1.54, 1.807) is 6.92 Å². The fraction of sp³-hybridized carbons (Fsp3) is 0.235. The first kappa shape index (κ1) is 14.1. The summed E-state index contributed by atoms with van der Waals surface area (Å²) in [7, 11) is 0. The van der Waals surface area contributed by atoms with Gasteiger partial charge >= 0.3 is 6.09 Å². The highest BCUT2D eigenvalue weighted by molar-refractivity contribution is 5.68. The van der Waals surface area contributed by atoms with Crippen LogP contribution in [-0.4, -0.2) is 12.7 Å². The summed E-state index contributed by atoms with van der Waals surface area (Å²) >= 11 is 0. The SMILES string of the molecule is CCOC(=O)N[C@H](Cc1ccccc1)c1ccccc1. The van der Waals surface area contributed by atoms with E-state index in [-0.39, 0.29) is 12.1 Å². The molecule has 0 aliphatic heterocycles. The van der Waals surface area contributed by atoms with Crippen LogP contribution in [0.3, 0.4) is 0 Å². The molecule has 0 radical (unpaired) electrons. The number of hydrogen-bond acceptors (Lipinski definition) is 2. The Labute approximate surface area is 119 Å². The maximum atomic E-state index is 11.7. The first-order chi connectivity index (χ1) is 9.79. The number of carbonyl (C=O) groups is 1. The van der Waals surface area contributed by atoms with Crippen LogP contribution in [0, 0.1) is 0 Å². The Morgan fingerprint density at radius 2 is 1.65 bits per heavy atom. The van der Waals surface area contributed by atoms with Crippen molar-refractivity contribution >= 4 is 6.09 Å². The van der Waals surface area contributed by atoms with E-state index in [2.05, 4.69) is 17.4 Å². The van der Waals surface area contributed by atoms with Crippen LogP contribution < -0.4 is 5.32 Å². The normalized spacial score (nSPS) is 11.7. The molecular formula is C17H19NO2. The molecule has 0 bridgehead atoms. The molecule has 0 saturated heterocycles. The van der Waals surface area contributed by atoms with Gasteiger partial charge in [-0.05, 0) is 24.5 Å². The molecule has 0 aliphatic carbocycles. The molecule has 20 heavy (non-hydrogen) atoms. The highest BCUT2D eigenvalue weighted by Crippen LogP contribution is 2.18. The van der Waals surface area contributed by atoms with E-state index in [1.807, 2.05) is 48.5 Å². The van der Waals surface area contributed by atoms with Crippen molar-refractivity contribution in [1.29, 1.82) is 0 Å². The van der Waals surface area contributed by atoms with E-state index >= 15 is 0 Å². The second-order valence-electron chi connectivity index (χ2n) is 4.52. The van der Waals surface area contributed by atoms with Gasteiger partial charge in [-0.3, -0.25) is 0 Å². The van der Waals surface area contributed by atoms with Crippen LogP contribution in [0.15, 0.2) is 60.7 Å². The summed E-state index contributed by atoms with van der Waals surface area (Å²) < 4.78 is 4.98. The summed E-state index contributed by atoms with van der Waals surface area (Å²) in [4.78, 5) is 11.7. The van der Waals surface area contributed by atoms with E-state index < -0.39 is 0 Å². The van der Waals surface area contributed by atoms with Gasteiger partial charge in [-0.15, -0.1) is 0 Å². The molecule has 3 nitrogen and oxygen atoms in total. The number of hydrogen-bond donors (Lipinski definition) is 1. The van der Waals surface area contributed by atoms with Gasteiger partial charge in [0.2, 0.25) is 0 Å². The van der Waals surface area contributed by atoms with E-state index in [0.29, 0.717) is 6.61 Å². The Balaban J connectivity index is 2.14. The second-order valence-corrected chi connectivity index (χ2v) is 4.52. The molecule has 1 N–H and O–H groups in total. The fourth-order valence-electron chi connectivity index (χ4n) is 2.10. The number of alkyl carbamates (subject to hydrolysis) is 1. The van der Waals surface area contributed by atoms with Gasteiger partial charge in [0.25, 0.3) is 0 Å². The summed E-state index contributed by atoms with van der Waals surface area (Å²) in [5.41, 5.74) is 2.25. The lowest BCUT2D eigenvalue weighted by molar-refractivity contribution is 0.148. The Bertz CT molecular complexity index is 525. The van der Waals surface area contributed by atoms with Crippen molar-refractivity contribution in [2.45, 2.75) is 19.4 Å². The zero-order valence-electron chi connectivity index (χ0n) is 11.6. The summed E-state index contributed by atoms with van der Waals surface area (Å²) in [6.45, 7) is 2.17. The Morgan fingerprint density at radius 3 is 2.25 bits per heavy atom. The topological polar surface area (TPSA) is 38.3 Å². The van der Waals surface area contributed by atoms with Crippen molar-refractivity contribution in [2.24, 2.45) is 0 Å². The average Bonchev–Trinajstić information content (AvgIpc) is 2.49. The van der Waals surface area contributed by atoms with Crippen molar-refractivity contribution in [3.8, 4) is 0 Å². The van der Waals surface area contributed by atoms with Crippen LogP contribution in [-0.2, 0) is 11.2 Å². The lowest BCUT2D eigenvalue weighted by Gasteiger charge is -2.19. The molecule has 0 saturated carbocycles. The van der Waals surface area contributed by atoms with Gasteiger partial charge in [0.05, 0.1) is 12.6 Å². The van der Waals surface area contributed by atoms with Crippen LogP contribution in [0.1, 0.15) is 24.1 Å². The van der Waals surface area contributed by atoms with Crippen molar-refractivity contribution < 1.29 is 9.53 Å². The number of carbonyl (C=O) groups excluding carboxylic acids is 1. The van der Waals surface area contributed by atoms with Gasteiger partial charge in [0.1, 0.15) is 0 Å². The summed E-state index contributed by atoms with van der Waals surface area (Å²) in [6, 6.07) is 20.0. The molecule has 2 aromatic rings. The predicted molar refractivity (Wildman–Crippen MR) is 79.5 cm³/mol. The lowest BCUT2D eigenvalue weighted by atomic mass is 9.99. The Morgan fingerprint density at radius 1 is 1.05 bits per heavy atom. The molecule has 1 amide bonds. The van der Waals surface area contributed by atoms with Crippen LogP contribution in [0.2, 0.25) is 0 Å². The molecule has 0 spiro atoms. The van der Waals surface area contributed by atoms with Gasteiger partial charge < -0.3 is 10.1 Å². The molecule has 104 valence electrons. The highest BCUT2D eigenvalue weighted by atomic mass is 16.5. The zero-order valence-corrected chi connectivity index (χ0v) is 11.6. The summed E-state index contributed by atoms with van der Waals surface area (Å²) in [5, 5.41) is 2.92. The quantitative estimate of drug-likeness (QED) is 0.898. The third kappa shape index (κ3) is 4.12. The molecule has 2 rings (SSSR count). The Hall–Kier alpha value is -2.29. The van der Waals surface area contributed by atoms with Gasteiger partial charge in [0.15, 0.2) is 0 Å². The molecule has 3 heteroatoms. The fourth-order valence-corrected chi connectivity index (χ4v) is 2.10. The monoisotopic (exact) mass is 269 g/mol. The smallest absolute Gasteiger partial charge is 0.407 e. The van der Waals surface area contributed by atoms with Crippen molar-refractivity contribution in [3.05, 3.63) is 71.8 Å². The molecule has 0 fully saturated rings. The number of amides is 1. The molecule has 0 aliphatic rings. The van der Waals surface area contributed by atoms with Crippen molar-refractivity contribution in [2.75, 3.05) is 6.61 Å². The van der Waals surface area contributed by atoms with Gasteiger partial charge in [-0.25, -0.2) is 4.79 Å². The highest BCUT2D eigenvalue weighted by Gasteiger charge is 2.15. The summed E-state index contributed by atoms with van der Waals surface area (Å²) in [5.74, 6) is 0. The van der Waals surface area contributed by atoms with Gasteiger partial charge in [0, 0.05) is 0 Å². The van der Waals surface area contributed by atoms with Crippen LogP contribution in [0.25, 0.3) is 0 Å². The third-order valence-electron chi connectivity index (χ3n) is 3.05. The first-order valence-electron chi connectivity index (χ1n) is 6.81. The maximum Gasteiger partial charge on any atom is 0.407 e. The second kappa shape index (κ2) is 7.34. The largest absolute Gasteiger partial charge is 0.450 e. The first-order valence-corrected chi connectivity index (χ1v) is 6.81. The molecule has 0 unspecified atom stereocenters. The molecule has 0 aromatic heterocycles. The predicted octanol–water partition coefficient (Wildman–Crippen LogP) is 3.72. The molecular weight excluding hydrogens is 250 g/mol. The average molecular weight is 269 g/mol. The van der Waals surface area contributed by atoms with E-state index in [0.717, 1.165) is 12.0 Å². The minimum atomic E-state index is -0.378. The minimum absolute atomic E-state index is 0.0855. The third-order valence-corrected chi connectivity index (χ3v) is 3.05. The van der Waals surface area contributed by atoms with E-state index in [4.69, 9.17) is 4.74 Å². The zero-order chi connectivity index (χ0) is 14.2.